The Hall–Kier alpha value is -1.22. The van der Waals surface area contributed by atoms with Crippen LogP contribution in [0.25, 0.3) is 0 Å². The number of fused-ring (bicyclic) bond motifs is 2. The minimum atomic E-state index is 0.271. The van der Waals surface area contributed by atoms with Crippen LogP contribution >= 0.6 is 0 Å². The highest BCUT2D eigenvalue weighted by Gasteiger charge is 2.32. The molecule has 1 aromatic carbocycles. The third kappa shape index (κ3) is 1.47. The van der Waals surface area contributed by atoms with Gasteiger partial charge in [-0.05, 0) is 18.6 Å². The smallest absolute Gasteiger partial charge is 0.143 e. The number of benzene rings is 1. The van der Waals surface area contributed by atoms with E-state index in [0.29, 0.717) is 6.04 Å². The van der Waals surface area contributed by atoms with E-state index in [4.69, 9.17) is 9.47 Å². The fourth-order valence-corrected chi connectivity index (χ4v) is 2.27. The summed E-state index contributed by atoms with van der Waals surface area (Å²) in [4.78, 5) is 0. The molecule has 3 nitrogen and oxygen atoms in total. The maximum Gasteiger partial charge on any atom is 0.143 e. The van der Waals surface area contributed by atoms with Crippen molar-refractivity contribution in [1.82, 2.24) is 0 Å². The predicted octanol–water partition coefficient (Wildman–Crippen LogP) is 1.96. The molecule has 2 atom stereocenters. The van der Waals surface area contributed by atoms with Gasteiger partial charge < -0.3 is 14.8 Å². The van der Waals surface area contributed by atoms with Gasteiger partial charge in [-0.3, -0.25) is 0 Å². The first-order chi connectivity index (χ1) is 7.34. The van der Waals surface area contributed by atoms with Crippen molar-refractivity contribution in [2.24, 2.45) is 0 Å². The van der Waals surface area contributed by atoms with E-state index in [1.165, 1.54) is 5.56 Å². The lowest BCUT2D eigenvalue weighted by molar-refractivity contribution is 0.00986. The van der Waals surface area contributed by atoms with Gasteiger partial charge >= 0.3 is 0 Å². The van der Waals surface area contributed by atoms with E-state index in [0.717, 1.165) is 31.1 Å². The molecule has 2 unspecified atom stereocenters. The van der Waals surface area contributed by atoms with Crippen LogP contribution in [0.4, 0.5) is 5.69 Å². The first-order valence-corrected chi connectivity index (χ1v) is 5.45. The molecular formula is C12H15NO2. The zero-order valence-electron chi connectivity index (χ0n) is 8.82. The molecule has 3 heteroatoms. The number of para-hydroxylation sites is 1. The van der Waals surface area contributed by atoms with Gasteiger partial charge in [-0.15, -0.1) is 0 Å². The fourth-order valence-electron chi connectivity index (χ4n) is 2.27. The standard InChI is InChI=1S/C12H15NO2/c1-8-3-2-4-11-12(8)13-9-7-14-6-5-10(9)15-11/h2-4,9-10,13H,5-7H2,1H3. The molecule has 1 aromatic rings. The molecule has 80 valence electrons. The molecule has 0 aliphatic carbocycles. The van der Waals surface area contributed by atoms with Gasteiger partial charge in [0.25, 0.3) is 0 Å². The molecule has 2 heterocycles. The monoisotopic (exact) mass is 205 g/mol. The van der Waals surface area contributed by atoms with Crippen molar-refractivity contribution in [2.75, 3.05) is 18.5 Å². The lowest BCUT2D eigenvalue weighted by atomic mass is 10.0. The largest absolute Gasteiger partial charge is 0.486 e. The van der Waals surface area contributed by atoms with Crippen LogP contribution < -0.4 is 10.1 Å². The first-order valence-electron chi connectivity index (χ1n) is 5.45. The van der Waals surface area contributed by atoms with Gasteiger partial charge in [-0.1, -0.05) is 12.1 Å². The van der Waals surface area contributed by atoms with E-state index < -0.39 is 0 Å². The number of aryl methyl sites for hydroxylation is 1. The Morgan fingerprint density at radius 2 is 2.33 bits per heavy atom. The molecule has 0 bridgehead atoms. The molecule has 0 amide bonds. The zero-order chi connectivity index (χ0) is 10.3. The van der Waals surface area contributed by atoms with E-state index in [1.807, 2.05) is 12.1 Å². The summed E-state index contributed by atoms with van der Waals surface area (Å²) >= 11 is 0. The van der Waals surface area contributed by atoms with Gasteiger partial charge in [-0.25, -0.2) is 0 Å². The average molecular weight is 205 g/mol. The summed E-state index contributed by atoms with van der Waals surface area (Å²) in [5.74, 6) is 0.984. The number of rotatable bonds is 0. The molecule has 1 saturated heterocycles. The zero-order valence-corrected chi connectivity index (χ0v) is 8.82. The van der Waals surface area contributed by atoms with Gasteiger partial charge in [-0.2, -0.15) is 0 Å². The van der Waals surface area contributed by atoms with Crippen LogP contribution in [-0.4, -0.2) is 25.4 Å². The van der Waals surface area contributed by atoms with Crippen LogP contribution in [0.15, 0.2) is 18.2 Å². The molecule has 0 radical (unpaired) electrons. The Labute approximate surface area is 89.4 Å². The Morgan fingerprint density at radius 3 is 3.27 bits per heavy atom. The number of hydrogen-bond donors (Lipinski definition) is 1. The highest BCUT2D eigenvalue weighted by atomic mass is 16.5. The fraction of sp³-hybridized carbons (Fsp3) is 0.500. The summed E-state index contributed by atoms with van der Waals surface area (Å²) in [5, 5.41) is 3.52. The Morgan fingerprint density at radius 1 is 1.40 bits per heavy atom. The number of hydrogen-bond acceptors (Lipinski definition) is 3. The lowest BCUT2D eigenvalue weighted by Gasteiger charge is -2.38. The van der Waals surface area contributed by atoms with Crippen LogP contribution in [0.5, 0.6) is 5.75 Å². The summed E-state index contributed by atoms with van der Waals surface area (Å²) in [6, 6.07) is 6.47. The van der Waals surface area contributed by atoms with E-state index in [-0.39, 0.29) is 6.10 Å². The topological polar surface area (TPSA) is 30.5 Å². The van der Waals surface area contributed by atoms with Crippen molar-refractivity contribution in [2.45, 2.75) is 25.5 Å². The Balaban J connectivity index is 1.95. The molecular weight excluding hydrogens is 190 g/mol. The Kier molecular flexibility index (Phi) is 2.06. The van der Waals surface area contributed by atoms with E-state index >= 15 is 0 Å². The van der Waals surface area contributed by atoms with Gasteiger partial charge in [0.05, 0.1) is 24.9 Å². The number of ether oxygens (including phenoxy) is 2. The maximum atomic E-state index is 5.97. The van der Waals surface area contributed by atoms with Crippen LogP contribution in [-0.2, 0) is 4.74 Å². The second-order valence-electron chi connectivity index (χ2n) is 4.22. The molecule has 15 heavy (non-hydrogen) atoms. The molecule has 1 N–H and O–H groups in total. The van der Waals surface area contributed by atoms with Gasteiger partial charge in [0.15, 0.2) is 0 Å². The second kappa shape index (κ2) is 3.42. The summed E-state index contributed by atoms with van der Waals surface area (Å²) < 4.78 is 11.4. The first kappa shape index (κ1) is 9.04. The van der Waals surface area contributed by atoms with Crippen LogP contribution in [0.3, 0.4) is 0 Å². The number of nitrogens with one attached hydrogen (secondary N) is 1. The molecule has 1 fully saturated rings. The van der Waals surface area contributed by atoms with E-state index in [2.05, 4.69) is 18.3 Å². The summed E-state index contributed by atoms with van der Waals surface area (Å²) in [7, 11) is 0. The van der Waals surface area contributed by atoms with Crippen molar-refractivity contribution in [3.63, 3.8) is 0 Å². The molecule has 3 rings (SSSR count). The summed E-state index contributed by atoms with van der Waals surface area (Å²) in [6.45, 7) is 3.65. The van der Waals surface area contributed by atoms with Gasteiger partial charge in [0.2, 0.25) is 0 Å². The Bertz CT molecular complexity index is 378. The third-order valence-corrected chi connectivity index (χ3v) is 3.14. The number of anilines is 1. The SMILES string of the molecule is Cc1cccc2c1NC1COCCC1O2. The third-order valence-electron chi connectivity index (χ3n) is 3.14. The van der Waals surface area contributed by atoms with Crippen molar-refractivity contribution < 1.29 is 9.47 Å². The summed E-state index contributed by atoms with van der Waals surface area (Å²) in [5.41, 5.74) is 2.36. The molecule has 0 saturated carbocycles. The van der Waals surface area contributed by atoms with E-state index in [9.17, 15) is 0 Å². The lowest BCUT2D eigenvalue weighted by Crippen LogP contribution is -2.48. The minimum Gasteiger partial charge on any atom is -0.486 e. The van der Waals surface area contributed by atoms with Crippen molar-refractivity contribution in [3.8, 4) is 5.75 Å². The van der Waals surface area contributed by atoms with Gasteiger partial charge in [0.1, 0.15) is 11.9 Å². The van der Waals surface area contributed by atoms with Crippen molar-refractivity contribution in [1.29, 1.82) is 0 Å². The van der Waals surface area contributed by atoms with Crippen LogP contribution in [0.1, 0.15) is 12.0 Å². The maximum absolute atomic E-state index is 5.97. The quantitative estimate of drug-likeness (QED) is 0.702. The molecule has 0 spiro atoms. The van der Waals surface area contributed by atoms with Crippen LogP contribution in [0.2, 0.25) is 0 Å². The van der Waals surface area contributed by atoms with Gasteiger partial charge in [0, 0.05) is 6.42 Å². The highest BCUT2D eigenvalue weighted by molar-refractivity contribution is 5.63. The molecule has 2 aliphatic heterocycles. The van der Waals surface area contributed by atoms with E-state index in [1.54, 1.807) is 0 Å². The highest BCUT2D eigenvalue weighted by Crippen LogP contribution is 2.35. The van der Waals surface area contributed by atoms with Crippen molar-refractivity contribution >= 4 is 5.69 Å². The molecule has 0 aromatic heterocycles. The normalized spacial score (nSPS) is 28.3. The second-order valence-corrected chi connectivity index (χ2v) is 4.22. The van der Waals surface area contributed by atoms with Crippen LogP contribution in [0, 0.1) is 6.92 Å². The molecule has 2 aliphatic rings. The van der Waals surface area contributed by atoms with Crippen molar-refractivity contribution in [3.05, 3.63) is 23.8 Å². The minimum absolute atomic E-state index is 0.271. The average Bonchev–Trinajstić information content (AvgIpc) is 2.27. The summed E-state index contributed by atoms with van der Waals surface area (Å²) in [6.07, 6.45) is 1.25. The predicted molar refractivity (Wildman–Crippen MR) is 58.4 cm³/mol.